The van der Waals surface area contributed by atoms with E-state index in [1.54, 1.807) is 0 Å². The van der Waals surface area contributed by atoms with Crippen molar-refractivity contribution in [3.63, 3.8) is 0 Å². The van der Waals surface area contributed by atoms with E-state index in [0.29, 0.717) is 0 Å². The number of aryl methyl sites for hydroxylation is 2. The molecule has 1 aromatic heterocycles. The van der Waals surface area contributed by atoms with Gasteiger partial charge in [-0.2, -0.15) is 5.10 Å². The molecular weight excluding hydrogens is 288 g/mol. The molecule has 0 aliphatic carbocycles. The Morgan fingerprint density at radius 1 is 1.00 bits per heavy atom. The number of aromatic nitrogens is 2. The maximum atomic E-state index is 4.58. The van der Waals surface area contributed by atoms with Gasteiger partial charge in [-0.3, -0.25) is 0 Å². The third kappa shape index (κ3) is 1.85. The van der Waals surface area contributed by atoms with Gasteiger partial charge in [-0.15, -0.1) is 0 Å². The Morgan fingerprint density at radius 3 is 2.39 bits per heavy atom. The van der Waals surface area contributed by atoms with Gasteiger partial charge in [-0.05, 0) is 59.1 Å². The van der Waals surface area contributed by atoms with Crippen molar-refractivity contribution >= 4 is 26.8 Å². The highest BCUT2D eigenvalue weighted by Crippen LogP contribution is 2.26. The largest absolute Gasteiger partial charge is 0.232 e. The molecule has 0 atom stereocenters. The van der Waals surface area contributed by atoms with Crippen LogP contribution in [0.15, 0.2) is 47.1 Å². The van der Waals surface area contributed by atoms with Crippen molar-refractivity contribution < 1.29 is 0 Å². The van der Waals surface area contributed by atoms with E-state index < -0.39 is 0 Å². The summed E-state index contributed by atoms with van der Waals surface area (Å²) in [5.41, 5.74) is 4.73. The molecule has 3 rings (SSSR count). The van der Waals surface area contributed by atoms with E-state index in [4.69, 9.17) is 0 Å². The Labute approximate surface area is 114 Å². The molecule has 0 spiro atoms. The fourth-order valence-corrected chi connectivity index (χ4v) is 2.79. The second-order valence-electron chi connectivity index (χ2n) is 4.57. The van der Waals surface area contributed by atoms with Gasteiger partial charge in [-0.1, -0.05) is 24.3 Å². The van der Waals surface area contributed by atoms with Crippen LogP contribution in [0.3, 0.4) is 0 Å². The van der Waals surface area contributed by atoms with Crippen molar-refractivity contribution in [3.05, 3.63) is 58.2 Å². The van der Waals surface area contributed by atoms with Gasteiger partial charge in [-0.25, -0.2) is 4.68 Å². The van der Waals surface area contributed by atoms with Crippen molar-refractivity contribution in [2.75, 3.05) is 0 Å². The number of nitrogens with zero attached hydrogens (tertiary/aromatic N) is 2. The van der Waals surface area contributed by atoms with Crippen LogP contribution in [-0.4, -0.2) is 9.78 Å². The maximum absolute atomic E-state index is 4.58. The van der Waals surface area contributed by atoms with Crippen molar-refractivity contribution in [3.8, 4) is 5.69 Å². The van der Waals surface area contributed by atoms with E-state index >= 15 is 0 Å². The van der Waals surface area contributed by atoms with E-state index in [0.717, 1.165) is 21.2 Å². The summed E-state index contributed by atoms with van der Waals surface area (Å²) in [6.45, 7) is 4.22. The molecule has 2 aromatic carbocycles. The van der Waals surface area contributed by atoms with Crippen LogP contribution in [0.4, 0.5) is 0 Å². The van der Waals surface area contributed by atoms with Crippen LogP contribution in [0.1, 0.15) is 11.1 Å². The topological polar surface area (TPSA) is 17.8 Å². The van der Waals surface area contributed by atoms with Gasteiger partial charge in [0.15, 0.2) is 0 Å². The number of halogens is 1. The molecule has 0 saturated heterocycles. The molecule has 0 fully saturated rings. The Morgan fingerprint density at radius 2 is 1.67 bits per heavy atom. The first-order valence-corrected chi connectivity index (χ1v) is 6.66. The summed E-state index contributed by atoms with van der Waals surface area (Å²) in [6.07, 6.45) is 0. The first kappa shape index (κ1) is 11.5. The Balaban J connectivity index is 2.31. The molecule has 1 heterocycles. The molecule has 3 heteroatoms. The lowest BCUT2D eigenvalue weighted by molar-refractivity contribution is 0.895. The molecule has 0 amide bonds. The van der Waals surface area contributed by atoms with Crippen LogP contribution < -0.4 is 0 Å². The van der Waals surface area contributed by atoms with Gasteiger partial charge in [0.2, 0.25) is 0 Å². The smallest absolute Gasteiger partial charge is 0.136 e. The summed E-state index contributed by atoms with van der Waals surface area (Å²) in [4.78, 5) is 0. The lowest BCUT2D eigenvalue weighted by atomic mass is 10.1. The molecule has 0 saturated carbocycles. The van der Waals surface area contributed by atoms with Gasteiger partial charge in [0.25, 0.3) is 0 Å². The number of hydrogen-bond donors (Lipinski definition) is 0. The molecular formula is C15H13BrN2. The van der Waals surface area contributed by atoms with Gasteiger partial charge < -0.3 is 0 Å². The highest BCUT2D eigenvalue weighted by atomic mass is 79.9. The number of para-hydroxylation sites is 1. The quantitative estimate of drug-likeness (QED) is 0.651. The van der Waals surface area contributed by atoms with Crippen LogP contribution in [0.2, 0.25) is 0 Å². The van der Waals surface area contributed by atoms with Crippen LogP contribution in [0, 0.1) is 13.8 Å². The summed E-state index contributed by atoms with van der Waals surface area (Å²) >= 11 is 3.52. The zero-order valence-electron chi connectivity index (χ0n) is 10.3. The molecule has 0 bridgehead atoms. The summed E-state index contributed by atoms with van der Waals surface area (Å²) in [5.74, 6) is 0. The molecule has 0 unspecified atom stereocenters. The molecule has 3 aromatic rings. The van der Waals surface area contributed by atoms with Crippen LogP contribution in [0.25, 0.3) is 16.6 Å². The average Bonchev–Trinajstić information content (AvgIpc) is 2.66. The Hall–Kier alpha value is -1.61. The zero-order valence-corrected chi connectivity index (χ0v) is 11.9. The second kappa shape index (κ2) is 4.25. The fraction of sp³-hybridized carbons (Fsp3) is 0.133. The number of benzene rings is 2. The van der Waals surface area contributed by atoms with E-state index in [1.807, 2.05) is 16.8 Å². The molecule has 0 N–H and O–H groups in total. The molecule has 2 nitrogen and oxygen atoms in total. The molecule has 18 heavy (non-hydrogen) atoms. The van der Waals surface area contributed by atoms with Crippen molar-refractivity contribution in [2.24, 2.45) is 0 Å². The molecule has 90 valence electrons. The van der Waals surface area contributed by atoms with Crippen LogP contribution in [0.5, 0.6) is 0 Å². The lowest BCUT2D eigenvalue weighted by Gasteiger charge is -2.06. The fourth-order valence-electron chi connectivity index (χ4n) is 2.30. The summed E-state index contributed by atoms with van der Waals surface area (Å²) in [6, 6.07) is 14.7. The number of hydrogen-bond acceptors (Lipinski definition) is 1. The van der Waals surface area contributed by atoms with E-state index in [1.165, 1.54) is 11.1 Å². The third-order valence-corrected chi connectivity index (χ3v) is 3.58. The Kier molecular flexibility index (Phi) is 2.71. The summed E-state index contributed by atoms with van der Waals surface area (Å²) in [7, 11) is 0. The van der Waals surface area contributed by atoms with Crippen molar-refractivity contribution in [1.29, 1.82) is 0 Å². The number of fused-ring (bicyclic) bond motifs is 1. The first-order valence-electron chi connectivity index (χ1n) is 5.87. The van der Waals surface area contributed by atoms with Gasteiger partial charge in [0.05, 0.1) is 11.2 Å². The summed E-state index contributed by atoms with van der Waals surface area (Å²) < 4.78 is 2.87. The van der Waals surface area contributed by atoms with Crippen LogP contribution in [-0.2, 0) is 0 Å². The highest BCUT2D eigenvalue weighted by molar-refractivity contribution is 9.10. The first-order chi connectivity index (χ1) is 8.65. The minimum atomic E-state index is 0.886. The monoisotopic (exact) mass is 300 g/mol. The lowest BCUT2D eigenvalue weighted by Crippen LogP contribution is -1.97. The average molecular weight is 301 g/mol. The van der Waals surface area contributed by atoms with E-state index in [2.05, 4.69) is 65.2 Å². The molecule has 0 aliphatic heterocycles. The molecule has 0 radical (unpaired) electrons. The highest BCUT2D eigenvalue weighted by Gasteiger charge is 2.09. The minimum absolute atomic E-state index is 0.886. The predicted octanol–water partition coefficient (Wildman–Crippen LogP) is 4.40. The van der Waals surface area contributed by atoms with Crippen molar-refractivity contribution in [2.45, 2.75) is 13.8 Å². The van der Waals surface area contributed by atoms with Crippen molar-refractivity contribution in [1.82, 2.24) is 9.78 Å². The Bertz CT molecular complexity index is 708. The third-order valence-electron chi connectivity index (χ3n) is 2.99. The van der Waals surface area contributed by atoms with Gasteiger partial charge >= 0.3 is 0 Å². The van der Waals surface area contributed by atoms with Crippen LogP contribution >= 0.6 is 15.9 Å². The van der Waals surface area contributed by atoms with E-state index in [-0.39, 0.29) is 0 Å². The minimum Gasteiger partial charge on any atom is -0.232 e. The number of rotatable bonds is 1. The van der Waals surface area contributed by atoms with Gasteiger partial charge in [0, 0.05) is 5.39 Å². The molecule has 0 aliphatic rings. The van der Waals surface area contributed by atoms with Gasteiger partial charge in [0.1, 0.15) is 4.60 Å². The maximum Gasteiger partial charge on any atom is 0.136 e. The standard InChI is InChI=1S/C15H13BrN2/c1-10-7-11(2)9-12(8-10)18-14-6-4-3-5-13(14)15(16)17-18/h3-9H,1-2H3. The normalized spacial score (nSPS) is 11.1. The second-order valence-corrected chi connectivity index (χ2v) is 5.32. The van der Waals surface area contributed by atoms with E-state index in [9.17, 15) is 0 Å². The zero-order chi connectivity index (χ0) is 12.7. The predicted molar refractivity (Wildman–Crippen MR) is 78.2 cm³/mol. The SMILES string of the molecule is Cc1cc(C)cc(-n2nc(Br)c3ccccc32)c1. The summed E-state index contributed by atoms with van der Waals surface area (Å²) in [5, 5.41) is 5.71.